The Kier molecular flexibility index (Phi) is 5.22. The average molecular weight is 228 g/mol. The Bertz CT molecular complexity index is 223. The molecule has 1 fully saturated rings. The maximum atomic E-state index is 11.9. The Morgan fingerprint density at radius 2 is 2.00 bits per heavy atom. The summed E-state index contributed by atoms with van der Waals surface area (Å²) in [5.74, 6) is 0.183. The molecule has 0 aromatic carbocycles. The van der Waals surface area contributed by atoms with Gasteiger partial charge in [-0.3, -0.25) is 4.79 Å². The molecule has 0 aromatic heterocycles. The van der Waals surface area contributed by atoms with Gasteiger partial charge in [-0.05, 0) is 27.2 Å². The SMILES string of the molecule is CCC(C)NCC(=O)N1C[C@@H](C)O[C@@H](C)C1. The van der Waals surface area contributed by atoms with Gasteiger partial charge in [0.25, 0.3) is 0 Å². The number of nitrogens with zero attached hydrogens (tertiary/aromatic N) is 1. The summed E-state index contributed by atoms with van der Waals surface area (Å²) >= 11 is 0. The van der Waals surface area contributed by atoms with E-state index in [4.69, 9.17) is 4.74 Å². The molecule has 1 unspecified atom stereocenters. The largest absolute Gasteiger partial charge is 0.372 e. The Labute approximate surface area is 98.3 Å². The van der Waals surface area contributed by atoms with E-state index in [2.05, 4.69) is 19.2 Å². The first-order valence-corrected chi connectivity index (χ1v) is 6.19. The monoisotopic (exact) mass is 228 g/mol. The standard InChI is InChI=1S/C12H24N2O2/c1-5-9(2)13-6-12(15)14-7-10(3)16-11(4)8-14/h9-11,13H,5-8H2,1-4H3/t9?,10-,11+. The summed E-state index contributed by atoms with van der Waals surface area (Å²) in [6.07, 6.45) is 1.34. The quantitative estimate of drug-likeness (QED) is 0.781. The Balaban J connectivity index is 2.35. The number of carbonyl (C=O) groups excluding carboxylic acids is 1. The van der Waals surface area contributed by atoms with Crippen molar-refractivity contribution in [2.45, 2.75) is 52.4 Å². The number of hydrogen-bond acceptors (Lipinski definition) is 3. The van der Waals surface area contributed by atoms with E-state index in [1.165, 1.54) is 0 Å². The van der Waals surface area contributed by atoms with Gasteiger partial charge < -0.3 is 15.0 Å². The minimum atomic E-state index is 0.149. The predicted octanol–water partition coefficient (Wildman–Crippen LogP) is 1.01. The Hall–Kier alpha value is -0.610. The van der Waals surface area contributed by atoms with Gasteiger partial charge in [0.15, 0.2) is 0 Å². The summed E-state index contributed by atoms with van der Waals surface area (Å²) in [5, 5.41) is 3.23. The smallest absolute Gasteiger partial charge is 0.236 e. The van der Waals surface area contributed by atoms with Crippen LogP contribution in [0.2, 0.25) is 0 Å². The van der Waals surface area contributed by atoms with Crippen LogP contribution in [0.4, 0.5) is 0 Å². The lowest BCUT2D eigenvalue weighted by Crippen LogP contribution is -2.51. The molecule has 1 heterocycles. The maximum Gasteiger partial charge on any atom is 0.236 e. The van der Waals surface area contributed by atoms with Crippen molar-refractivity contribution in [2.24, 2.45) is 0 Å². The molecule has 16 heavy (non-hydrogen) atoms. The van der Waals surface area contributed by atoms with Gasteiger partial charge in [0, 0.05) is 19.1 Å². The molecule has 0 saturated carbocycles. The van der Waals surface area contributed by atoms with Crippen molar-refractivity contribution in [3.8, 4) is 0 Å². The van der Waals surface area contributed by atoms with Gasteiger partial charge in [0.05, 0.1) is 18.8 Å². The molecule has 0 radical (unpaired) electrons. The van der Waals surface area contributed by atoms with Crippen LogP contribution in [-0.4, -0.2) is 48.7 Å². The van der Waals surface area contributed by atoms with E-state index in [0.717, 1.165) is 6.42 Å². The Morgan fingerprint density at radius 1 is 1.44 bits per heavy atom. The van der Waals surface area contributed by atoms with Gasteiger partial charge in [-0.1, -0.05) is 6.92 Å². The van der Waals surface area contributed by atoms with Crippen LogP contribution in [-0.2, 0) is 9.53 Å². The first kappa shape index (κ1) is 13.5. The van der Waals surface area contributed by atoms with E-state index in [1.807, 2.05) is 18.7 Å². The third-order valence-electron chi connectivity index (χ3n) is 2.99. The highest BCUT2D eigenvalue weighted by atomic mass is 16.5. The molecule has 1 N–H and O–H groups in total. The van der Waals surface area contributed by atoms with Crippen molar-refractivity contribution in [2.75, 3.05) is 19.6 Å². The first-order valence-electron chi connectivity index (χ1n) is 6.19. The van der Waals surface area contributed by atoms with Crippen molar-refractivity contribution in [3.05, 3.63) is 0 Å². The number of rotatable bonds is 4. The van der Waals surface area contributed by atoms with Gasteiger partial charge in [0.1, 0.15) is 0 Å². The fraction of sp³-hybridized carbons (Fsp3) is 0.917. The highest BCUT2D eigenvalue weighted by Crippen LogP contribution is 2.10. The molecule has 94 valence electrons. The topological polar surface area (TPSA) is 41.6 Å². The van der Waals surface area contributed by atoms with E-state index in [1.54, 1.807) is 0 Å². The van der Waals surface area contributed by atoms with Crippen LogP contribution in [0.15, 0.2) is 0 Å². The Morgan fingerprint density at radius 3 is 2.50 bits per heavy atom. The molecule has 0 aliphatic carbocycles. The van der Waals surface area contributed by atoms with E-state index in [0.29, 0.717) is 25.7 Å². The van der Waals surface area contributed by atoms with Crippen LogP contribution in [0.1, 0.15) is 34.1 Å². The maximum absolute atomic E-state index is 11.9. The lowest BCUT2D eigenvalue weighted by molar-refractivity contribution is -0.142. The summed E-state index contributed by atoms with van der Waals surface area (Å²) in [6, 6.07) is 0.403. The van der Waals surface area contributed by atoms with Gasteiger partial charge in [-0.15, -0.1) is 0 Å². The van der Waals surface area contributed by atoms with Crippen LogP contribution < -0.4 is 5.32 Å². The lowest BCUT2D eigenvalue weighted by atomic mass is 10.2. The highest BCUT2D eigenvalue weighted by Gasteiger charge is 2.25. The van der Waals surface area contributed by atoms with E-state index >= 15 is 0 Å². The fourth-order valence-corrected chi connectivity index (χ4v) is 1.90. The second-order valence-corrected chi connectivity index (χ2v) is 4.75. The molecule has 3 atom stereocenters. The molecular weight excluding hydrogens is 204 g/mol. The zero-order valence-corrected chi connectivity index (χ0v) is 10.8. The van der Waals surface area contributed by atoms with Crippen molar-refractivity contribution >= 4 is 5.91 Å². The number of morpholine rings is 1. The lowest BCUT2D eigenvalue weighted by Gasteiger charge is -2.35. The number of hydrogen-bond donors (Lipinski definition) is 1. The van der Waals surface area contributed by atoms with Crippen LogP contribution in [0.25, 0.3) is 0 Å². The van der Waals surface area contributed by atoms with E-state index < -0.39 is 0 Å². The molecule has 1 aliphatic heterocycles. The van der Waals surface area contributed by atoms with Gasteiger partial charge >= 0.3 is 0 Å². The third kappa shape index (κ3) is 4.10. The summed E-state index contributed by atoms with van der Waals surface area (Å²) < 4.78 is 5.60. The molecular formula is C12H24N2O2. The van der Waals surface area contributed by atoms with Gasteiger partial charge in [0.2, 0.25) is 5.91 Å². The number of carbonyl (C=O) groups is 1. The summed E-state index contributed by atoms with van der Waals surface area (Å²) in [7, 11) is 0. The minimum absolute atomic E-state index is 0.149. The number of amides is 1. The number of ether oxygens (including phenoxy) is 1. The molecule has 4 heteroatoms. The van der Waals surface area contributed by atoms with Crippen molar-refractivity contribution < 1.29 is 9.53 Å². The fourth-order valence-electron chi connectivity index (χ4n) is 1.90. The summed E-state index contributed by atoms with van der Waals surface area (Å²) in [6.45, 7) is 10.1. The van der Waals surface area contributed by atoms with Crippen molar-refractivity contribution in [3.63, 3.8) is 0 Å². The molecule has 1 rings (SSSR count). The molecule has 4 nitrogen and oxygen atoms in total. The highest BCUT2D eigenvalue weighted by molar-refractivity contribution is 5.78. The second kappa shape index (κ2) is 6.21. The third-order valence-corrected chi connectivity index (χ3v) is 2.99. The van der Waals surface area contributed by atoms with Crippen LogP contribution >= 0.6 is 0 Å². The molecule has 0 bridgehead atoms. The summed E-state index contributed by atoms with van der Waals surface area (Å²) in [5.41, 5.74) is 0. The van der Waals surface area contributed by atoms with Crippen LogP contribution in [0, 0.1) is 0 Å². The predicted molar refractivity (Wildman–Crippen MR) is 64.3 cm³/mol. The zero-order chi connectivity index (χ0) is 12.1. The second-order valence-electron chi connectivity index (χ2n) is 4.75. The van der Waals surface area contributed by atoms with Crippen LogP contribution in [0.3, 0.4) is 0 Å². The number of nitrogens with one attached hydrogen (secondary N) is 1. The molecule has 1 saturated heterocycles. The van der Waals surface area contributed by atoms with Crippen molar-refractivity contribution in [1.29, 1.82) is 0 Å². The van der Waals surface area contributed by atoms with Gasteiger partial charge in [-0.25, -0.2) is 0 Å². The van der Waals surface area contributed by atoms with Crippen molar-refractivity contribution in [1.82, 2.24) is 10.2 Å². The summed E-state index contributed by atoms with van der Waals surface area (Å²) in [4.78, 5) is 13.8. The molecule has 0 spiro atoms. The molecule has 1 amide bonds. The first-order chi connectivity index (χ1) is 7.52. The van der Waals surface area contributed by atoms with Crippen LogP contribution in [0.5, 0.6) is 0 Å². The van der Waals surface area contributed by atoms with E-state index in [-0.39, 0.29) is 18.1 Å². The molecule has 0 aromatic rings. The zero-order valence-electron chi connectivity index (χ0n) is 10.8. The van der Waals surface area contributed by atoms with E-state index in [9.17, 15) is 4.79 Å². The normalized spacial score (nSPS) is 27.9. The molecule has 1 aliphatic rings. The van der Waals surface area contributed by atoms with Gasteiger partial charge in [-0.2, -0.15) is 0 Å². The minimum Gasteiger partial charge on any atom is -0.372 e. The average Bonchev–Trinajstić information content (AvgIpc) is 2.23.